The Morgan fingerprint density at radius 2 is 1.96 bits per heavy atom. The van der Waals surface area contributed by atoms with Crippen molar-refractivity contribution in [2.75, 3.05) is 11.9 Å². The summed E-state index contributed by atoms with van der Waals surface area (Å²) in [5.74, 6) is -1.05. The summed E-state index contributed by atoms with van der Waals surface area (Å²) in [6.45, 7) is 3.61. The number of carbonyl (C=O) groups excluding carboxylic acids is 2. The van der Waals surface area contributed by atoms with Crippen molar-refractivity contribution in [1.82, 2.24) is 0 Å². The molecule has 0 bridgehead atoms. The fourth-order valence-electron chi connectivity index (χ4n) is 2.15. The number of hydrogen-bond acceptors (Lipinski definition) is 6. The molecule has 0 aliphatic rings. The van der Waals surface area contributed by atoms with Crippen LogP contribution < -0.4 is 10.1 Å². The van der Waals surface area contributed by atoms with Gasteiger partial charge >= 0.3 is 5.97 Å². The standard InChI is InChI=1S/C18H17ClN2O6/c1-3-26-16-7-5-4-6-15(16)20-17(22)11(2)27-18(23)13-10-12(21(24)25)8-9-14(13)19/h4-11H,3H2,1-2H3,(H,20,22)/t11-/m0/s1. The van der Waals surface area contributed by atoms with Crippen molar-refractivity contribution in [3.05, 3.63) is 63.2 Å². The first kappa shape index (κ1) is 20.2. The molecule has 1 atom stereocenters. The molecule has 142 valence electrons. The van der Waals surface area contributed by atoms with Gasteiger partial charge in [0.05, 0.1) is 27.8 Å². The number of nitro groups is 1. The van der Waals surface area contributed by atoms with Crippen LogP contribution in [0.3, 0.4) is 0 Å². The van der Waals surface area contributed by atoms with Gasteiger partial charge in [-0.05, 0) is 32.0 Å². The third kappa shape index (κ3) is 5.18. The van der Waals surface area contributed by atoms with E-state index in [1.54, 1.807) is 24.3 Å². The number of non-ortho nitro benzene ring substituents is 1. The number of esters is 1. The van der Waals surface area contributed by atoms with Crippen molar-refractivity contribution in [2.24, 2.45) is 0 Å². The van der Waals surface area contributed by atoms with E-state index in [2.05, 4.69) is 5.32 Å². The van der Waals surface area contributed by atoms with Crippen LogP contribution >= 0.6 is 11.6 Å². The lowest BCUT2D eigenvalue weighted by molar-refractivity contribution is -0.384. The number of anilines is 1. The molecule has 0 heterocycles. The number of hydrogen-bond donors (Lipinski definition) is 1. The maximum absolute atomic E-state index is 12.3. The molecular formula is C18H17ClN2O6. The molecule has 1 amide bonds. The number of nitrogens with one attached hydrogen (secondary N) is 1. The molecule has 0 saturated heterocycles. The highest BCUT2D eigenvalue weighted by Crippen LogP contribution is 2.25. The molecule has 0 radical (unpaired) electrons. The van der Waals surface area contributed by atoms with Gasteiger partial charge in [-0.3, -0.25) is 14.9 Å². The second kappa shape index (κ2) is 9.00. The Balaban J connectivity index is 2.09. The molecule has 2 rings (SSSR count). The van der Waals surface area contributed by atoms with E-state index in [0.29, 0.717) is 18.0 Å². The fraction of sp³-hybridized carbons (Fsp3) is 0.222. The van der Waals surface area contributed by atoms with Gasteiger partial charge < -0.3 is 14.8 Å². The summed E-state index contributed by atoms with van der Waals surface area (Å²) in [6.07, 6.45) is -1.16. The number of halogens is 1. The molecule has 2 aromatic carbocycles. The highest BCUT2D eigenvalue weighted by atomic mass is 35.5. The first-order chi connectivity index (χ1) is 12.8. The predicted octanol–water partition coefficient (Wildman–Crippen LogP) is 3.83. The lowest BCUT2D eigenvalue weighted by Crippen LogP contribution is -2.30. The van der Waals surface area contributed by atoms with Crippen LogP contribution in [0.25, 0.3) is 0 Å². The minimum Gasteiger partial charge on any atom is -0.492 e. The third-order valence-electron chi connectivity index (χ3n) is 3.48. The van der Waals surface area contributed by atoms with Crippen molar-refractivity contribution in [1.29, 1.82) is 0 Å². The Morgan fingerprint density at radius 1 is 1.26 bits per heavy atom. The zero-order valence-corrected chi connectivity index (χ0v) is 15.4. The van der Waals surface area contributed by atoms with E-state index < -0.39 is 22.9 Å². The van der Waals surface area contributed by atoms with Crippen LogP contribution in [0.4, 0.5) is 11.4 Å². The van der Waals surface area contributed by atoms with Crippen LogP contribution in [0, 0.1) is 10.1 Å². The first-order valence-electron chi connectivity index (χ1n) is 8.01. The van der Waals surface area contributed by atoms with E-state index in [1.807, 2.05) is 6.92 Å². The Morgan fingerprint density at radius 3 is 2.63 bits per heavy atom. The molecule has 0 spiro atoms. The molecule has 2 aromatic rings. The monoisotopic (exact) mass is 392 g/mol. The number of rotatable bonds is 7. The number of para-hydroxylation sites is 2. The normalized spacial score (nSPS) is 11.4. The van der Waals surface area contributed by atoms with Gasteiger partial charge in [0.2, 0.25) is 0 Å². The molecule has 0 aromatic heterocycles. The SMILES string of the molecule is CCOc1ccccc1NC(=O)[C@H](C)OC(=O)c1cc([N+](=O)[O-])ccc1Cl. The van der Waals surface area contributed by atoms with Crippen molar-refractivity contribution >= 4 is 34.9 Å². The van der Waals surface area contributed by atoms with Crippen molar-refractivity contribution in [3.8, 4) is 5.75 Å². The number of benzene rings is 2. The Hall–Kier alpha value is -3.13. The van der Waals surface area contributed by atoms with E-state index in [0.717, 1.165) is 6.07 Å². The van der Waals surface area contributed by atoms with Crippen LogP contribution in [-0.4, -0.2) is 29.5 Å². The van der Waals surface area contributed by atoms with Gasteiger partial charge in [-0.15, -0.1) is 0 Å². The van der Waals surface area contributed by atoms with Gasteiger partial charge in [-0.25, -0.2) is 4.79 Å². The minimum absolute atomic E-state index is 0.0140. The summed E-state index contributed by atoms with van der Waals surface area (Å²) in [7, 11) is 0. The topological polar surface area (TPSA) is 108 Å². The molecule has 8 nitrogen and oxygen atoms in total. The second-order valence-corrected chi connectivity index (χ2v) is 5.79. The summed E-state index contributed by atoms with van der Waals surface area (Å²) >= 11 is 5.90. The Kier molecular flexibility index (Phi) is 6.73. The van der Waals surface area contributed by atoms with Crippen LogP contribution in [0.2, 0.25) is 5.02 Å². The zero-order valence-electron chi connectivity index (χ0n) is 14.6. The van der Waals surface area contributed by atoms with Gasteiger partial charge in [0.25, 0.3) is 11.6 Å². The van der Waals surface area contributed by atoms with E-state index in [9.17, 15) is 19.7 Å². The van der Waals surface area contributed by atoms with Crippen LogP contribution in [0.5, 0.6) is 5.75 Å². The third-order valence-corrected chi connectivity index (χ3v) is 3.81. The molecular weight excluding hydrogens is 376 g/mol. The van der Waals surface area contributed by atoms with Crippen LogP contribution in [-0.2, 0) is 9.53 Å². The number of carbonyl (C=O) groups is 2. The smallest absolute Gasteiger partial charge is 0.340 e. The maximum Gasteiger partial charge on any atom is 0.340 e. The Labute approximate surface area is 160 Å². The molecule has 0 saturated carbocycles. The summed E-state index contributed by atoms with van der Waals surface area (Å²) in [6, 6.07) is 10.2. The van der Waals surface area contributed by atoms with Gasteiger partial charge in [-0.1, -0.05) is 23.7 Å². The van der Waals surface area contributed by atoms with Crippen LogP contribution in [0.15, 0.2) is 42.5 Å². The fourth-order valence-corrected chi connectivity index (χ4v) is 2.34. The Bertz CT molecular complexity index is 871. The summed E-state index contributed by atoms with van der Waals surface area (Å²) < 4.78 is 10.5. The predicted molar refractivity (Wildman–Crippen MR) is 99.2 cm³/mol. The van der Waals surface area contributed by atoms with Crippen molar-refractivity contribution < 1.29 is 24.0 Å². The first-order valence-corrected chi connectivity index (χ1v) is 8.39. The largest absolute Gasteiger partial charge is 0.492 e. The van der Waals surface area contributed by atoms with Gasteiger partial charge in [0, 0.05) is 12.1 Å². The van der Waals surface area contributed by atoms with Crippen molar-refractivity contribution in [3.63, 3.8) is 0 Å². The summed E-state index contributed by atoms with van der Waals surface area (Å²) in [5.41, 5.74) is -0.0741. The van der Waals surface area contributed by atoms with E-state index in [1.165, 1.54) is 19.1 Å². The zero-order chi connectivity index (χ0) is 20.0. The molecule has 9 heteroatoms. The van der Waals surface area contributed by atoms with Gasteiger partial charge in [0.1, 0.15) is 5.75 Å². The minimum atomic E-state index is -1.16. The van der Waals surface area contributed by atoms with Gasteiger partial charge in [0.15, 0.2) is 6.10 Å². The maximum atomic E-state index is 12.3. The number of amides is 1. The van der Waals surface area contributed by atoms with Gasteiger partial charge in [-0.2, -0.15) is 0 Å². The van der Waals surface area contributed by atoms with E-state index >= 15 is 0 Å². The quantitative estimate of drug-likeness (QED) is 0.436. The van der Waals surface area contributed by atoms with E-state index in [4.69, 9.17) is 21.1 Å². The molecule has 0 unspecified atom stereocenters. The molecule has 27 heavy (non-hydrogen) atoms. The lowest BCUT2D eigenvalue weighted by atomic mass is 10.2. The van der Waals surface area contributed by atoms with Crippen molar-refractivity contribution in [2.45, 2.75) is 20.0 Å². The number of ether oxygens (including phenoxy) is 2. The second-order valence-electron chi connectivity index (χ2n) is 5.39. The van der Waals surface area contributed by atoms with E-state index in [-0.39, 0.29) is 16.3 Å². The molecule has 0 aliphatic carbocycles. The highest BCUT2D eigenvalue weighted by Gasteiger charge is 2.23. The molecule has 1 N–H and O–H groups in total. The lowest BCUT2D eigenvalue weighted by Gasteiger charge is -2.16. The summed E-state index contributed by atoms with van der Waals surface area (Å²) in [5, 5.41) is 13.4. The molecule has 0 aliphatic heterocycles. The average Bonchev–Trinajstić information content (AvgIpc) is 2.63. The summed E-state index contributed by atoms with van der Waals surface area (Å²) in [4.78, 5) is 34.7. The highest BCUT2D eigenvalue weighted by molar-refractivity contribution is 6.33. The average molecular weight is 393 g/mol. The molecule has 0 fully saturated rings. The van der Waals surface area contributed by atoms with Crippen LogP contribution in [0.1, 0.15) is 24.2 Å². The number of nitrogens with zero attached hydrogens (tertiary/aromatic N) is 1. The number of nitro benzene ring substituents is 1.